The van der Waals surface area contributed by atoms with Crippen molar-refractivity contribution in [2.75, 3.05) is 19.8 Å². The maximum Gasteiger partial charge on any atom is 0.263 e. The fourth-order valence-corrected chi connectivity index (χ4v) is 4.34. The largest absolute Gasteiger partial charge is 0.493 e. The highest BCUT2D eigenvalue weighted by Crippen LogP contribution is 2.38. The van der Waals surface area contributed by atoms with Gasteiger partial charge in [-0.25, -0.2) is 0 Å². The quantitative estimate of drug-likeness (QED) is 0.284. The molecule has 2 aromatic carbocycles. The number of amides is 1. The van der Waals surface area contributed by atoms with Crippen LogP contribution in [0, 0.1) is 13.8 Å². The number of aryl methyl sites for hydroxylation is 2. The molecule has 164 valence electrons. The molecule has 0 unspecified atom stereocenters. The highest BCUT2D eigenvalue weighted by atomic mass is 35.5. The summed E-state index contributed by atoms with van der Waals surface area (Å²) in [5.74, 6) is 1.68. The molecular formula is C23H24ClNO4S2. The Labute approximate surface area is 197 Å². The van der Waals surface area contributed by atoms with E-state index in [0.29, 0.717) is 52.0 Å². The van der Waals surface area contributed by atoms with Crippen molar-refractivity contribution < 1.29 is 19.0 Å². The van der Waals surface area contributed by atoms with Crippen molar-refractivity contribution in [3.05, 3.63) is 56.9 Å². The Morgan fingerprint density at radius 2 is 1.87 bits per heavy atom. The predicted octanol–water partition coefficient (Wildman–Crippen LogP) is 5.69. The first-order chi connectivity index (χ1) is 14.9. The molecule has 1 aliphatic heterocycles. The molecule has 1 heterocycles. The third kappa shape index (κ3) is 6.38. The molecule has 0 aliphatic carbocycles. The summed E-state index contributed by atoms with van der Waals surface area (Å²) < 4.78 is 17.9. The predicted molar refractivity (Wildman–Crippen MR) is 130 cm³/mol. The molecule has 0 atom stereocenters. The van der Waals surface area contributed by atoms with Gasteiger partial charge >= 0.3 is 0 Å². The van der Waals surface area contributed by atoms with Crippen molar-refractivity contribution in [3.63, 3.8) is 0 Å². The van der Waals surface area contributed by atoms with Crippen LogP contribution in [0.25, 0.3) is 6.08 Å². The molecule has 2 aromatic rings. The Hall–Kier alpha value is -2.22. The first kappa shape index (κ1) is 23.4. The minimum absolute atomic E-state index is 0.215. The third-order valence-electron chi connectivity index (χ3n) is 4.39. The van der Waals surface area contributed by atoms with Gasteiger partial charge in [-0.15, -0.1) is 0 Å². The minimum atomic E-state index is -0.215. The zero-order valence-electron chi connectivity index (χ0n) is 17.6. The number of hydrogen-bond donors (Lipinski definition) is 1. The van der Waals surface area contributed by atoms with Crippen LogP contribution in [-0.4, -0.2) is 30.0 Å². The lowest BCUT2D eigenvalue weighted by Crippen LogP contribution is -2.17. The second-order valence-electron chi connectivity index (χ2n) is 6.93. The van der Waals surface area contributed by atoms with Crippen LogP contribution in [0.15, 0.2) is 35.2 Å². The summed E-state index contributed by atoms with van der Waals surface area (Å²) in [6.07, 6.45) is 2.42. The van der Waals surface area contributed by atoms with Gasteiger partial charge in [0, 0.05) is 6.42 Å². The normalized spacial score (nSPS) is 14.6. The van der Waals surface area contributed by atoms with Crippen LogP contribution in [0.2, 0.25) is 5.02 Å². The number of hydrogen-bond acceptors (Lipinski definition) is 6. The van der Waals surface area contributed by atoms with Crippen molar-refractivity contribution >= 4 is 51.9 Å². The molecule has 8 heteroatoms. The van der Waals surface area contributed by atoms with E-state index in [0.717, 1.165) is 16.9 Å². The van der Waals surface area contributed by atoms with Crippen LogP contribution < -0.4 is 19.5 Å². The Morgan fingerprint density at radius 3 is 2.55 bits per heavy atom. The highest BCUT2D eigenvalue weighted by Gasteiger charge is 2.22. The van der Waals surface area contributed by atoms with Crippen LogP contribution in [0.3, 0.4) is 0 Å². The molecule has 1 aliphatic rings. The summed E-state index contributed by atoms with van der Waals surface area (Å²) in [6, 6.07) is 9.66. The molecule has 1 saturated heterocycles. The van der Waals surface area contributed by atoms with Gasteiger partial charge in [0.1, 0.15) is 10.1 Å². The zero-order chi connectivity index (χ0) is 22.4. The second-order valence-corrected chi connectivity index (χ2v) is 9.06. The van der Waals surface area contributed by atoms with Crippen LogP contribution in [0.4, 0.5) is 0 Å². The molecule has 0 saturated carbocycles. The van der Waals surface area contributed by atoms with Crippen molar-refractivity contribution in [2.24, 2.45) is 0 Å². The van der Waals surface area contributed by atoms with Crippen molar-refractivity contribution in [2.45, 2.75) is 27.2 Å². The van der Waals surface area contributed by atoms with Crippen molar-refractivity contribution in [1.82, 2.24) is 5.32 Å². The number of thioether (sulfide) groups is 1. The average molecular weight is 478 g/mol. The Morgan fingerprint density at radius 1 is 1.10 bits per heavy atom. The van der Waals surface area contributed by atoms with E-state index in [2.05, 4.69) is 18.3 Å². The fourth-order valence-electron chi connectivity index (χ4n) is 3.02. The Bertz CT molecular complexity index is 1020. The van der Waals surface area contributed by atoms with E-state index >= 15 is 0 Å². The number of benzene rings is 2. The lowest BCUT2D eigenvalue weighted by molar-refractivity contribution is -0.115. The number of carbonyl (C=O) groups is 1. The van der Waals surface area contributed by atoms with Gasteiger partial charge in [0.05, 0.1) is 29.7 Å². The lowest BCUT2D eigenvalue weighted by Gasteiger charge is -2.15. The van der Waals surface area contributed by atoms with Gasteiger partial charge < -0.3 is 19.5 Å². The van der Waals surface area contributed by atoms with Gasteiger partial charge in [0.25, 0.3) is 5.91 Å². The van der Waals surface area contributed by atoms with Crippen LogP contribution in [-0.2, 0) is 4.79 Å². The molecular weight excluding hydrogens is 454 g/mol. The molecule has 3 rings (SSSR count). The number of rotatable bonds is 9. The van der Waals surface area contributed by atoms with Gasteiger partial charge in [-0.1, -0.05) is 53.3 Å². The van der Waals surface area contributed by atoms with Gasteiger partial charge in [0.15, 0.2) is 11.5 Å². The Kier molecular flexibility index (Phi) is 8.23. The number of carbonyl (C=O) groups excluding carboxylic acids is 1. The SMILES string of the molecule is CCOc1cc(/C=C2/SC(=S)NC2=O)cc(Cl)c1OCCCOc1ccc(C)cc1C. The summed E-state index contributed by atoms with van der Waals surface area (Å²) in [5.41, 5.74) is 3.06. The molecule has 31 heavy (non-hydrogen) atoms. The zero-order valence-corrected chi connectivity index (χ0v) is 20.0. The summed E-state index contributed by atoms with van der Waals surface area (Å²) in [6.45, 7) is 7.40. The van der Waals surface area contributed by atoms with Crippen molar-refractivity contribution in [3.8, 4) is 17.2 Å². The Balaban J connectivity index is 1.63. The van der Waals surface area contributed by atoms with Crippen LogP contribution in [0.1, 0.15) is 30.0 Å². The van der Waals surface area contributed by atoms with Crippen LogP contribution in [0.5, 0.6) is 17.2 Å². The summed E-state index contributed by atoms with van der Waals surface area (Å²) in [4.78, 5) is 12.4. The van der Waals surface area contributed by atoms with E-state index in [1.165, 1.54) is 17.3 Å². The first-order valence-electron chi connectivity index (χ1n) is 9.91. The monoisotopic (exact) mass is 477 g/mol. The third-order valence-corrected chi connectivity index (χ3v) is 5.84. The summed E-state index contributed by atoms with van der Waals surface area (Å²) >= 11 is 12.7. The molecule has 5 nitrogen and oxygen atoms in total. The molecule has 0 radical (unpaired) electrons. The number of thiocarbonyl (C=S) groups is 1. The first-order valence-corrected chi connectivity index (χ1v) is 11.5. The van der Waals surface area contributed by atoms with E-state index in [4.69, 9.17) is 38.0 Å². The van der Waals surface area contributed by atoms with E-state index in [9.17, 15) is 4.79 Å². The molecule has 1 fully saturated rings. The topological polar surface area (TPSA) is 56.8 Å². The van der Waals surface area contributed by atoms with E-state index in [1.54, 1.807) is 18.2 Å². The van der Waals surface area contributed by atoms with Gasteiger partial charge in [0.2, 0.25) is 0 Å². The summed E-state index contributed by atoms with van der Waals surface area (Å²) in [7, 11) is 0. The number of nitrogens with one attached hydrogen (secondary N) is 1. The summed E-state index contributed by atoms with van der Waals surface area (Å²) in [5, 5.41) is 3.01. The van der Waals surface area contributed by atoms with Gasteiger partial charge in [-0.2, -0.15) is 0 Å². The second kappa shape index (κ2) is 10.9. The van der Waals surface area contributed by atoms with Crippen LogP contribution >= 0.6 is 35.6 Å². The number of halogens is 1. The average Bonchev–Trinajstić information content (AvgIpc) is 3.01. The standard InChI is InChI=1S/C23H24ClNO4S2/c1-4-27-19-12-16(13-20-22(26)25-23(30)31-20)11-17(24)21(19)29-9-5-8-28-18-7-6-14(2)10-15(18)3/h6-7,10-13H,4-5,8-9H2,1-3H3,(H,25,26,30)/b20-13+. The van der Waals surface area contributed by atoms with Gasteiger partial charge in [-0.3, -0.25) is 4.79 Å². The maximum absolute atomic E-state index is 11.9. The lowest BCUT2D eigenvalue weighted by atomic mass is 10.1. The fraction of sp³-hybridized carbons (Fsp3) is 0.304. The highest BCUT2D eigenvalue weighted by molar-refractivity contribution is 8.26. The maximum atomic E-state index is 11.9. The van der Waals surface area contributed by atoms with E-state index in [1.807, 2.05) is 26.0 Å². The van der Waals surface area contributed by atoms with E-state index in [-0.39, 0.29) is 5.91 Å². The van der Waals surface area contributed by atoms with Crippen molar-refractivity contribution in [1.29, 1.82) is 0 Å². The molecule has 0 spiro atoms. The van der Waals surface area contributed by atoms with E-state index < -0.39 is 0 Å². The number of ether oxygens (including phenoxy) is 3. The molecule has 1 N–H and O–H groups in total. The molecule has 0 bridgehead atoms. The smallest absolute Gasteiger partial charge is 0.263 e. The molecule has 0 aromatic heterocycles. The molecule has 1 amide bonds. The van der Waals surface area contributed by atoms with Gasteiger partial charge in [-0.05, 0) is 56.2 Å². The minimum Gasteiger partial charge on any atom is -0.493 e.